The Morgan fingerprint density at radius 2 is 1.95 bits per heavy atom. The van der Waals surface area contributed by atoms with E-state index in [0.29, 0.717) is 0 Å². The number of nitrogens with zero attached hydrogens (tertiary/aromatic N) is 1. The van der Waals surface area contributed by atoms with Gasteiger partial charge in [-0.1, -0.05) is 25.9 Å². The van der Waals surface area contributed by atoms with Gasteiger partial charge in [-0.3, -0.25) is 4.90 Å². The summed E-state index contributed by atoms with van der Waals surface area (Å²) in [6.45, 7) is 9.92. The molecule has 0 unspecified atom stereocenters. The Bertz CT molecular complexity index is 343. The predicted octanol–water partition coefficient (Wildman–Crippen LogP) is 2.70. The second kappa shape index (κ2) is 7.27. The van der Waals surface area contributed by atoms with Crippen molar-refractivity contribution in [1.82, 2.24) is 4.90 Å². The number of hydrogen-bond acceptors (Lipinski definition) is 3. The maximum atomic E-state index is 5.75. The van der Waals surface area contributed by atoms with Gasteiger partial charge in [-0.15, -0.1) is 0 Å². The molecule has 0 aliphatic carbocycles. The molecule has 1 aromatic heterocycles. The van der Waals surface area contributed by atoms with Crippen molar-refractivity contribution in [3.05, 3.63) is 18.4 Å². The lowest BCUT2D eigenvalue weighted by Gasteiger charge is -2.30. The minimum absolute atomic E-state index is 0.905. The number of morpholine rings is 1. The first-order valence-electron chi connectivity index (χ1n) is 7.65. The molecule has 0 atom stereocenters. The minimum atomic E-state index is -1.38. The molecular weight excluding hydrogens is 254 g/mol. The van der Waals surface area contributed by atoms with E-state index < -0.39 is 8.07 Å². The van der Waals surface area contributed by atoms with E-state index >= 15 is 0 Å². The van der Waals surface area contributed by atoms with Crippen molar-refractivity contribution in [2.24, 2.45) is 0 Å². The van der Waals surface area contributed by atoms with Crippen LogP contribution < -0.4 is 5.38 Å². The lowest BCUT2D eigenvalue weighted by molar-refractivity contribution is 0.0379. The van der Waals surface area contributed by atoms with Crippen LogP contribution in [0.15, 0.2) is 22.8 Å². The molecule has 0 amide bonds. The zero-order valence-corrected chi connectivity index (χ0v) is 13.4. The van der Waals surface area contributed by atoms with Gasteiger partial charge in [0.05, 0.1) is 24.9 Å². The molecule has 1 aliphatic rings. The third-order valence-electron chi connectivity index (χ3n) is 4.63. The summed E-state index contributed by atoms with van der Waals surface area (Å²) >= 11 is 0. The van der Waals surface area contributed by atoms with Gasteiger partial charge in [0.1, 0.15) is 8.07 Å². The van der Waals surface area contributed by atoms with E-state index in [1.54, 1.807) is 0 Å². The minimum Gasteiger partial charge on any atom is -0.474 e. The summed E-state index contributed by atoms with van der Waals surface area (Å²) in [6, 6.07) is 8.18. The Kier molecular flexibility index (Phi) is 5.67. The van der Waals surface area contributed by atoms with Crippen molar-refractivity contribution in [2.45, 2.75) is 38.4 Å². The van der Waals surface area contributed by atoms with E-state index in [1.807, 2.05) is 12.3 Å². The normalized spacial score (nSPS) is 17.8. The molecule has 0 bridgehead atoms. The highest BCUT2D eigenvalue weighted by Gasteiger charge is 2.33. The number of hydrogen-bond donors (Lipinski definition) is 0. The molecule has 1 fully saturated rings. The van der Waals surface area contributed by atoms with Gasteiger partial charge in [-0.2, -0.15) is 0 Å². The van der Waals surface area contributed by atoms with Crippen molar-refractivity contribution in [3.63, 3.8) is 0 Å². The van der Waals surface area contributed by atoms with E-state index in [-0.39, 0.29) is 0 Å². The highest BCUT2D eigenvalue weighted by molar-refractivity contribution is 6.90. The van der Waals surface area contributed by atoms with Crippen molar-refractivity contribution in [2.75, 3.05) is 32.8 Å². The Labute approximate surface area is 117 Å². The second-order valence-electron chi connectivity index (χ2n) is 5.52. The van der Waals surface area contributed by atoms with Crippen LogP contribution in [0.25, 0.3) is 0 Å². The third-order valence-corrected chi connectivity index (χ3v) is 9.98. The summed E-state index contributed by atoms with van der Waals surface area (Å²) in [6.07, 6.45) is 3.14. The molecule has 1 aliphatic heterocycles. The molecule has 0 spiro atoms. The van der Waals surface area contributed by atoms with E-state index in [4.69, 9.17) is 9.15 Å². The fourth-order valence-corrected chi connectivity index (χ4v) is 6.87. The maximum Gasteiger partial charge on any atom is 0.131 e. The Morgan fingerprint density at radius 3 is 2.53 bits per heavy atom. The van der Waals surface area contributed by atoms with Crippen molar-refractivity contribution in [3.8, 4) is 0 Å². The van der Waals surface area contributed by atoms with Crippen LogP contribution >= 0.6 is 0 Å². The van der Waals surface area contributed by atoms with Crippen LogP contribution in [0.2, 0.25) is 18.1 Å². The van der Waals surface area contributed by atoms with E-state index in [0.717, 1.165) is 26.3 Å². The lowest BCUT2D eigenvalue weighted by Crippen LogP contribution is -2.46. The van der Waals surface area contributed by atoms with E-state index in [1.165, 1.54) is 36.5 Å². The Morgan fingerprint density at radius 1 is 1.21 bits per heavy atom. The summed E-state index contributed by atoms with van der Waals surface area (Å²) in [5.41, 5.74) is 0. The van der Waals surface area contributed by atoms with Crippen molar-refractivity contribution >= 4 is 13.5 Å². The molecule has 108 valence electrons. The van der Waals surface area contributed by atoms with Crippen LogP contribution in [0, 0.1) is 0 Å². The monoisotopic (exact) mass is 281 g/mol. The van der Waals surface area contributed by atoms with Gasteiger partial charge < -0.3 is 9.15 Å². The number of furan rings is 1. The summed E-state index contributed by atoms with van der Waals surface area (Å²) in [4.78, 5) is 2.54. The first-order valence-corrected chi connectivity index (χ1v) is 10.3. The predicted molar refractivity (Wildman–Crippen MR) is 81.7 cm³/mol. The molecule has 1 aromatic rings. The standard InChI is InChI=1S/C15H27NO2Si/c1-3-19(4-2,15-7-5-11-18-15)14-6-8-16-9-12-17-13-10-16/h5,7,11H,3-4,6,8-10,12-14H2,1-2H3. The smallest absolute Gasteiger partial charge is 0.131 e. The van der Waals surface area contributed by atoms with E-state index in [9.17, 15) is 0 Å². The van der Waals surface area contributed by atoms with Crippen molar-refractivity contribution < 1.29 is 9.15 Å². The molecule has 0 saturated carbocycles. The molecule has 2 heterocycles. The van der Waals surface area contributed by atoms with Gasteiger partial charge in [0.2, 0.25) is 0 Å². The molecule has 2 rings (SSSR count). The van der Waals surface area contributed by atoms with Gasteiger partial charge >= 0.3 is 0 Å². The molecule has 19 heavy (non-hydrogen) atoms. The fraction of sp³-hybridized carbons (Fsp3) is 0.733. The van der Waals surface area contributed by atoms with E-state index in [2.05, 4.69) is 24.8 Å². The molecule has 0 radical (unpaired) electrons. The molecule has 4 heteroatoms. The van der Waals surface area contributed by atoms with Gasteiger partial charge in [-0.05, 0) is 31.1 Å². The highest BCUT2D eigenvalue weighted by Crippen LogP contribution is 2.23. The van der Waals surface area contributed by atoms with Gasteiger partial charge in [0.25, 0.3) is 0 Å². The lowest BCUT2D eigenvalue weighted by atomic mass is 10.3. The molecule has 1 saturated heterocycles. The van der Waals surface area contributed by atoms with Crippen LogP contribution in [-0.2, 0) is 4.74 Å². The number of rotatable bonds is 7. The van der Waals surface area contributed by atoms with Gasteiger partial charge in [0, 0.05) is 13.1 Å². The summed E-state index contributed by atoms with van der Waals surface area (Å²) in [7, 11) is -1.38. The molecular formula is C15H27NO2Si. The van der Waals surface area contributed by atoms with Crippen LogP contribution in [-0.4, -0.2) is 45.8 Å². The summed E-state index contributed by atoms with van der Waals surface area (Å²) in [5.74, 6) is 0. The largest absolute Gasteiger partial charge is 0.474 e. The average Bonchev–Trinajstić information content (AvgIpc) is 3.00. The van der Waals surface area contributed by atoms with Crippen molar-refractivity contribution in [1.29, 1.82) is 0 Å². The first-order chi connectivity index (χ1) is 9.30. The molecule has 0 N–H and O–H groups in total. The quantitative estimate of drug-likeness (QED) is 0.719. The zero-order valence-electron chi connectivity index (χ0n) is 12.4. The summed E-state index contributed by atoms with van der Waals surface area (Å²) < 4.78 is 11.2. The fourth-order valence-electron chi connectivity index (χ4n) is 3.12. The van der Waals surface area contributed by atoms with Gasteiger partial charge in [-0.25, -0.2) is 0 Å². The number of ether oxygens (including phenoxy) is 1. The SMILES string of the molecule is CC[Si](CC)(CCCN1CCOCC1)c1ccco1. The average molecular weight is 281 g/mol. The van der Waals surface area contributed by atoms with Gasteiger partial charge in [0.15, 0.2) is 0 Å². The third kappa shape index (κ3) is 3.71. The maximum absolute atomic E-state index is 5.75. The van der Waals surface area contributed by atoms with Crippen LogP contribution in [0.4, 0.5) is 0 Å². The Balaban J connectivity index is 1.86. The topological polar surface area (TPSA) is 25.6 Å². The molecule has 0 aromatic carbocycles. The van der Waals surface area contributed by atoms with Crippen LogP contribution in [0.1, 0.15) is 20.3 Å². The Hall–Kier alpha value is -0.583. The zero-order chi connectivity index (χ0) is 13.6. The van der Waals surface area contributed by atoms with Crippen LogP contribution in [0.5, 0.6) is 0 Å². The van der Waals surface area contributed by atoms with Crippen LogP contribution in [0.3, 0.4) is 0 Å². The first kappa shape index (κ1) is 14.8. The molecule has 3 nitrogen and oxygen atoms in total. The second-order valence-corrected chi connectivity index (χ2v) is 10.5. The highest BCUT2D eigenvalue weighted by atomic mass is 28.3. The summed E-state index contributed by atoms with van der Waals surface area (Å²) in [5, 5.41) is 1.31.